The van der Waals surface area contributed by atoms with Crippen molar-refractivity contribution in [1.82, 2.24) is 0 Å². The quantitative estimate of drug-likeness (QED) is 0.598. The van der Waals surface area contributed by atoms with Crippen LogP contribution in [0.2, 0.25) is 0 Å². The first kappa shape index (κ1) is 20.1. The van der Waals surface area contributed by atoms with Crippen LogP contribution in [-0.2, 0) is 10.2 Å². The standard InChI is InChI=1S/C25H20FNO5/c1-14-2-5-17(12-19(14)20-11-16(26)4-6-18(20)23(28)29)27-24(30)25(8-9-25)15-3-7-21-22(10-15)32-13-31-21/h2-7,10-12H,8-9,13H2,1H3,(H,27,30)(H,28,29). The number of benzene rings is 3. The first-order valence-electron chi connectivity index (χ1n) is 10.2. The minimum atomic E-state index is -1.14. The van der Waals surface area contributed by atoms with Crippen LogP contribution < -0.4 is 14.8 Å². The molecular formula is C25H20FNO5. The fourth-order valence-electron chi connectivity index (χ4n) is 4.13. The second-order valence-electron chi connectivity index (χ2n) is 8.13. The van der Waals surface area contributed by atoms with Gasteiger partial charge in [0.05, 0.1) is 11.0 Å². The van der Waals surface area contributed by atoms with Gasteiger partial charge in [-0.15, -0.1) is 0 Å². The molecule has 0 unspecified atom stereocenters. The summed E-state index contributed by atoms with van der Waals surface area (Å²) in [5, 5.41) is 12.5. The number of halogens is 1. The largest absolute Gasteiger partial charge is 0.478 e. The average molecular weight is 433 g/mol. The van der Waals surface area contributed by atoms with E-state index >= 15 is 0 Å². The molecule has 2 N–H and O–H groups in total. The van der Waals surface area contributed by atoms with Gasteiger partial charge in [0.25, 0.3) is 0 Å². The van der Waals surface area contributed by atoms with E-state index in [2.05, 4.69) is 5.32 Å². The topological polar surface area (TPSA) is 84.9 Å². The average Bonchev–Trinajstić information content (AvgIpc) is 3.45. The number of carbonyl (C=O) groups is 2. The summed E-state index contributed by atoms with van der Waals surface area (Å²) >= 11 is 0. The number of ether oxygens (including phenoxy) is 2. The van der Waals surface area contributed by atoms with Gasteiger partial charge < -0.3 is 19.9 Å². The maximum atomic E-state index is 13.9. The summed E-state index contributed by atoms with van der Waals surface area (Å²) in [7, 11) is 0. The number of aryl methyl sites for hydroxylation is 1. The summed E-state index contributed by atoms with van der Waals surface area (Å²) in [5.41, 5.74) is 2.32. The molecule has 0 saturated heterocycles. The van der Waals surface area contributed by atoms with Crippen LogP contribution in [0.15, 0.2) is 54.6 Å². The molecule has 1 amide bonds. The number of carboxylic acid groups (broad SMARTS) is 1. The summed E-state index contributed by atoms with van der Waals surface area (Å²) in [5.74, 6) is -0.528. The van der Waals surface area contributed by atoms with Crippen LogP contribution >= 0.6 is 0 Å². The predicted molar refractivity (Wildman–Crippen MR) is 116 cm³/mol. The Morgan fingerprint density at radius 2 is 1.75 bits per heavy atom. The third-order valence-electron chi connectivity index (χ3n) is 6.11. The molecule has 0 aromatic heterocycles. The molecule has 0 bridgehead atoms. The van der Waals surface area contributed by atoms with Gasteiger partial charge in [-0.25, -0.2) is 9.18 Å². The first-order valence-corrected chi connectivity index (χ1v) is 10.2. The van der Waals surface area contributed by atoms with Gasteiger partial charge >= 0.3 is 5.97 Å². The van der Waals surface area contributed by atoms with Gasteiger partial charge in [0, 0.05) is 5.69 Å². The molecule has 32 heavy (non-hydrogen) atoms. The highest BCUT2D eigenvalue weighted by Gasteiger charge is 2.51. The Morgan fingerprint density at radius 1 is 0.969 bits per heavy atom. The van der Waals surface area contributed by atoms with Gasteiger partial charge in [-0.05, 0) is 84.5 Å². The molecule has 0 radical (unpaired) electrons. The Kier molecular flexibility index (Phi) is 4.62. The van der Waals surface area contributed by atoms with E-state index in [0.29, 0.717) is 35.6 Å². The Hall–Kier alpha value is -3.87. The van der Waals surface area contributed by atoms with Crippen molar-refractivity contribution in [3.63, 3.8) is 0 Å². The number of nitrogens with one attached hydrogen (secondary N) is 1. The number of aromatic carboxylic acids is 1. The zero-order valence-electron chi connectivity index (χ0n) is 17.3. The van der Waals surface area contributed by atoms with Gasteiger partial charge in [-0.1, -0.05) is 12.1 Å². The number of anilines is 1. The molecular weight excluding hydrogens is 413 g/mol. The number of rotatable bonds is 5. The maximum Gasteiger partial charge on any atom is 0.336 e. The lowest BCUT2D eigenvalue weighted by Crippen LogP contribution is -2.27. The Balaban J connectivity index is 1.46. The molecule has 1 fully saturated rings. The monoisotopic (exact) mass is 433 g/mol. The third kappa shape index (κ3) is 3.36. The van der Waals surface area contributed by atoms with Crippen molar-refractivity contribution >= 4 is 17.6 Å². The van der Waals surface area contributed by atoms with Crippen LogP contribution in [0, 0.1) is 12.7 Å². The summed E-state index contributed by atoms with van der Waals surface area (Å²) in [6.07, 6.45) is 1.43. The van der Waals surface area contributed by atoms with Crippen LogP contribution in [0.4, 0.5) is 10.1 Å². The van der Waals surface area contributed by atoms with Gasteiger partial charge in [-0.3, -0.25) is 4.79 Å². The lowest BCUT2D eigenvalue weighted by molar-refractivity contribution is -0.118. The lowest BCUT2D eigenvalue weighted by atomic mass is 9.93. The van der Waals surface area contributed by atoms with Gasteiger partial charge in [0.15, 0.2) is 11.5 Å². The van der Waals surface area contributed by atoms with Gasteiger partial charge in [0.1, 0.15) is 5.82 Å². The minimum Gasteiger partial charge on any atom is -0.478 e. The van der Waals surface area contributed by atoms with Crippen molar-refractivity contribution in [2.45, 2.75) is 25.2 Å². The van der Waals surface area contributed by atoms with E-state index in [1.807, 2.05) is 25.1 Å². The van der Waals surface area contributed by atoms with Crippen LogP contribution in [0.3, 0.4) is 0 Å². The SMILES string of the molecule is Cc1ccc(NC(=O)C2(c3ccc4c(c3)OCO4)CC2)cc1-c1cc(F)ccc1C(=O)O. The fraction of sp³-hybridized carbons (Fsp3) is 0.200. The number of carboxylic acids is 1. The highest BCUT2D eigenvalue weighted by Crippen LogP contribution is 2.51. The van der Waals surface area contributed by atoms with E-state index in [0.717, 1.165) is 17.2 Å². The van der Waals surface area contributed by atoms with E-state index in [4.69, 9.17) is 9.47 Å². The summed E-state index contributed by atoms with van der Waals surface area (Å²) in [6, 6.07) is 14.3. The van der Waals surface area contributed by atoms with Gasteiger partial charge in [-0.2, -0.15) is 0 Å². The van der Waals surface area contributed by atoms with Crippen molar-refractivity contribution in [1.29, 1.82) is 0 Å². The highest BCUT2D eigenvalue weighted by atomic mass is 19.1. The summed E-state index contributed by atoms with van der Waals surface area (Å²) in [6.45, 7) is 1.98. The van der Waals surface area contributed by atoms with Crippen molar-refractivity contribution in [2.24, 2.45) is 0 Å². The zero-order valence-corrected chi connectivity index (χ0v) is 17.3. The first-order chi connectivity index (χ1) is 15.4. The van der Waals surface area contributed by atoms with Crippen LogP contribution in [0.1, 0.15) is 34.3 Å². The zero-order chi connectivity index (χ0) is 22.5. The van der Waals surface area contributed by atoms with E-state index in [-0.39, 0.29) is 23.8 Å². The number of fused-ring (bicyclic) bond motifs is 1. The number of hydrogen-bond donors (Lipinski definition) is 2. The van der Waals surface area contributed by atoms with Gasteiger partial charge in [0.2, 0.25) is 12.7 Å². The summed E-state index contributed by atoms with van der Waals surface area (Å²) < 4.78 is 24.7. The number of hydrogen-bond acceptors (Lipinski definition) is 4. The molecule has 0 spiro atoms. The summed E-state index contributed by atoms with van der Waals surface area (Å²) in [4.78, 5) is 24.9. The molecule has 162 valence electrons. The highest BCUT2D eigenvalue weighted by molar-refractivity contribution is 6.02. The normalized spacial score (nSPS) is 15.3. The molecule has 5 rings (SSSR count). The Labute approximate surface area is 183 Å². The molecule has 1 saturated carbocycles. The minimum absolute atomic E-state index is 0.00278. The van der Waals surface area contributed by atoms with Crippen LogP contribution in [0.5, 0.6) is 11.5 Å². The van der Waals surface area contributed by atoms with Crippen molar-refractivity contribution < 1.29 is 28.6 Å². The second kappa shape index (κ2) is 7.37. The number of carbonyl (C=O) groups excluding carboxylic acids is 1. The van der Waals surface area contributed by atoms with E-state index in [1.54, 1.807) is 18.2 Å². The molecule has 7 heteroatoms. The van der Waals surface area contributed by atoms with Crippen molar-refractivity contribution in [2.75, 3.05) is 12.1 Å². The second-order valence-corrected chi connectivity index (χ2v) is 8.13. The molecule has 1 aliphatic heterocycles. The third-order valence-corrected chi connectivity index (χ3v) is 6.11. The van der Waals surface area contributed by atoms with Crippen molar-refractivity contribution in [3.05, 3.63) is 77.1 Å². The molecule has 3 aromatic carbocycles. The molecule has 3 aromatic rings. The fourth-order valence-corrected chi connectivity index (χ4v) is 4.13. The van der Waals surface area contributed by atoms with E-state index in [9.17, 15) is 19.1 Å². The van der Waals surface area contributed by atoms with Crippen molar-refractivity contribution in [3.8, 4) is 22.6 Å². The molecule has 1 aliphatic carbocycles. The molecule has 6 nitrogen and oxygen atoms in total. The molecule has 0 atom stereocenters. The predicted octanol–water partition coefficient (Wildman–Crippen LogP) is 4.90. The molecule has 2 aliphatic rings. The van der Waals surface area contributed by atoms with Crippen LogP contribution in [-0.4, -0.2) is 23.8 Å². The van der Waals surface area contributed by atoms with E-state index in [1.165, 1.54) is 12.1 Å². The van der Waals surface area contributed by atoms with Crippen LogP contribution in [0.25, 0.3) is 11.1 Å². The number of amides is 1. The smallest absolute Gasteiger partial charge is 0.336 e. The molecule has 1 heterocycles. The Bertz CT molecular complexity index is 1270. The Morgan fingerprint density at radius 3 is 2.50 bits per heavy atom. The lowest BCUT2D eigenvalue weighted by Gasteiger charge is -2.18. The maximum absolute atomic E-state index is 13.9. The van der Waals surface area contributed by atoms with E-state index < -0.39 is 17.2 Å².